The fraction of sp³-hybridized carbons (Fsp3) is 0.324. The summed E-state index contributed by atoms with van der Waals surface area (Å²) < 4.78 is 13.4. The van der Waals surface area contributed by atoms with Gasteiger partial charge in [-0.15, -0.1) is 0 Å². The lowest BCUT2D eigenvalue weighted by Gasteiger charge is -2.54. The van der Waals surface area contributed by atoms with E-state index in [1.807, 2.05) is 18.2 Å². The Morgan fingerprint density at radius 3 is 2.50 bits per heavy atom. The number of benzene rings is 2. The van der Waals surface area contributed by atoms with Gasteiger partial charge in [-0.05, 0) is 30.5 Å². The van der Waals surface area contributed by atoms with Gasteiger partial charge in [-0.2, -0.15) is 0 Å². The van der Waals surface area contributed by atoms with Crippen LogP contribution in [0.2, 0.25) is 10.0 Å². The van der Waals surface area contributed by atoms with E-state index in [0.29, 0.717) is 53.0 Å². The molecule has 2 fully saturated rings. The largest absolute Gasteiger partial charge is 0.481 e. The topological polar surface area (TPSA) is 137 Å². The fourth-order valence-corrected chi connectivity index (χ4v) is 7.60. The molecule has 3 aliphatic rings. The summed E-state index contributed by atoms with van der Waals surface area (Å²) in [5, 5.41) is 6.44. The van der Waals surface area contributed by atoms with Crippen molar-refractivity contribution in [3.8, 4) is 28.3 Å². The Balaban J connectivity index is 1.17. The highest BCUT2D eigenvalue weighted by Crippen LogP contribution is 2.47. The fourth-order valence-electron chi connectivity index (χ4n) is 7.00. The molecule has 2 aromatic carbocycles. The second-order valence-corrected chi connectivity index (χ2v) is 13.2. The zero-order chi connectivity index (χ0) is 33.9. The number of likely N-dealkylation sites (tertiary alicyclic amines) is 1. The van der Waals surface area contributed by atoms with Crippen molar-refractivity contribution in [2.45, 2.75) is 24.4 Å². The van der Waals surface area contributed by atoms with Gasteiger partial charge in [-0.1, -0.05) is 53.5 Å². The van der Waals surface area contributed by atoms with Gasteiger partial charge in [0.05, 0.1) is 40.7 Å². The number of ether oxygens (including phenoxy) is 2. The van der Waals surface area contributed by atoms with E-state index in [-0.39, 0.29) is 40.4 Å². The van der Waals surface area contributed by atoms with E-state index in [0.717, 1.165) is 33.1 Å². The number of hydrogen-bond donors (Lipinski definition) is 2. The first-order chi connectivity index (χ1) is 23.0. The third-order valence-corrected chi connectivity index (χ3v) is 10.1. The van der Waals surface area contributed by atoms with Crippen molar-refractivity contribution in [1.82, 2.24) is 24.3 Å². The molecule has 2 amide bonds. The van der Waals surface area contributed by atoms with Crippen LogP contribution in [0.4, 0.5) is 5.69 Å². The number of aryl methyl sites for hydroxylation is 2. The number of fused-ring (bicyclic) bond motifs is 1. The Morgan fingerprint density at radius 1 is 1.06 bits per heavy atom. The molecule has 0 saturated carbocycles. The Bertz CT molecular complexity index is 2120. The first kappa shape index (κ1) is 32.1. The molecule has 1 aliphatic carbocycles. The standard InChI is InChI=1S/C34H32Cl2N6O6/c1-40-13-22(32(45)41(2)33(40)46)30(44)37-23-9-5-7-20(29(23)36)19-6-4-8-21(28(19)35)24-12-18-10-11-25(27(18)31(38-24)47-3)42-15-34(16-42)17-48-14-26(43)39-34/h4-9,12-13,25H,10-11,14-17H2,1-3H3,(H,37,44)(H,39,43)/t25-/m1/s1. The Labute approximate surface area is 285 Å². The van der Waals surface area contributed by atoms with E-state index in [1.165, 1.54) is 20.3 Å². The Kier molecular flexibility index (Phi) is 8.15. The van der Waals surface area contributed by atoms with E-state index in [2.05, 4.69) is 21.6 Å². The number of carbonyl (C=O) groups is 2. The van der Waals surface area contributed by atoms with Crippen molar-refractivity contribution in [2.24, 2.45) is 14.1 Å². The first-order valence-electron chi connectivity index (χ1n) is 15.4. The van der Waals surface area contributed by atoms with Crippen LogP contribution in [0.3, 0.4) is 0 Å². The summed E-state index contributed by atoms with van der Waals surface area (Å²) in [5.74, 6) is -0.256. The van der Waals surface area contributed by atoms with Gasteiger partial charge in [-0.25, -0.2) is 9.78 Å². The SMILES string of the molecule is COc1nc(-c2cccc(-c3cccc(NC(=O)c4cn(C)c(=O)n(C)c4=O)c3Cl)c2Cl)cc2c1[C@H](N1CC3(COCC(=O)N3)C1)CC2. The molecule has 0 bridgehead atoms. The number of morpholine rings is 1. The molecule has 2 aliphatic heterocycles. The molecule has 1 atom stereocenters. The molecule has 1 spiro atoms. The lowest BCUT2D eigenvalue weighted by Crippen LogP contribution is -2.74. The molecule has 4 aromatic rings. The van der Waals surface area contributed by atoms with E-state index in [1.54, 1.807) is 25.3 Å². The summed E-state index contributed by atoms with van der Waals surface area (Å²) in [5.41, 5.74) is 3.15. The number of pyridine rings is 1. The van der Waals surface area contributed by atoms with Gasteiger partial charge >= 0.3 is 5.69 Å². The van der Waals surface area contributed by atoms with E-state index < -0.39 is 17.2 Å². The number of rotatable bonds is 6. The summed E-state index contributed by atoms with van der Waals surface area (Å²) in [7, 11) is 4.38. The van der Waals surface area contributed by atoms with Crippen LogP contribution in [0.5, 0.6) is 5.88 Å². The highest BCUT2D eigenvalue weighted by Gasteiger charge is 2.50. The molecule has 0 unspecified atom stereocenters. The van der Waals surface area contributed by atoms with Crippen LogP contribution in [-0.4, -0.2) is 69.8 Å². The molecule has 248 valence electrons. The van der Waals surface area contributed by atoms with Crippen molar-refractivity contribution in [2.75, 3.05) is 38.7 Å². The molecular weight excluding hydrogens is 659 g/mol. The molecule has 2 aromatic heterocycles. The van der Waals surface area contributed by atoms with Crippen molar-refractivity contribution in [3.63, 3.8) is 0 Å². The molecule has 2 saturated heterocycles. The number of carbonyl (C=O) groups excluding carboxylic acids is 2. The number of nitrogens with zero attached hydrogens (tertiary/aromatic N) is 4. The van der Waals surface area contributed by atoms with E-state index in [4.69, 9.17) is 37.7 Å². The summed E-state index contributed by atoms with van der Waals surface area (Å²) in [6.45, 7) is 2.01. The van der Waals surface area contributed by atoms with Gasteiger partial charge in [0.2, 0.25) is 11.8 Å². The minimum absolute atomic E-state index is 0.0816. The summed E-state index contributed by atoms with van der Waals surface area (Å²) >= 11 is 13.9. The Hall–Kier alpha value is -4.49. The monoisotopic (exact) mass is 690 g/mol. The minimum atomic E-state index is -0.719. The van der Waals surface area contributed by atoms with Gasteiger partial charge in [0, 0.05) is 61.7 Å². The zero-order valence-electron chi connectivity index (χ0n) is 26.4. The molecular formula is C34H32Cl2N6O6. The van der Waals surface area contributed by atoms with Crippen LogP contribution >= 0.6 is 23.2 Å². The van der Waals surface area contributed by atoms with Crippen LogP contribution in [0.1, 0.15) is 33.9 Å². The van der Waals surface area contributed by atoms with Crippen molar-refractivity contribution in [3.05, 3.63) is 96.2 Å². The quantitative estimate of drug-likeness (QED) is 0.314. The number of aromatic nitrogens is 3. The highest BCUT2D eigenvalue weighted by molar-refractivity contribution is 6.39. The normalized spacial score (nSPS) is 18.3. The first-order valence-corrected chi connectivity index (χ1v) is 16.1. The van der Waals surface area contributed by atoms with Crippen molar-refractivity contribution in [1.29, 1.82) is 0 Å². The molecule has 12 nitrogen and oxygen atoms in total. The van der Waals surface area contributed by atoms with Gasteiger partial charge in [0.15, 0.2) is 0 Å². The van der Waals surface area contributed by atoms with Gasteiger partial charge in [0.25, 0.3) is 11.5 Å². The van der Waals surface area contributed by atoms with Gasteiger partial charge in [-0.3, -0.25) is 23.9 Å². The lowest BCUT2D eigenvalue weighted by molar-refractivity contribution is -0.145. The van der Waals surface area contributed by atoms with Crippen LogP contribution < -0.4 is 26.6 Å². The second-order valence-electron chi connectivity index (χ2n) is 12.5. The summed E-state index contributed by atoms with van der Waals surface area (Å²) in [6.07, 6.45) is 2.93. The van der Waals surface area contributed by atoms with Crippen LogP contribution in [0.15, 0.2) is 58.3 Å². The maximum absolute atomic E-state index is 13.1. The summed E-state index contributed by atoms with van der Waals surface area (Å²) in [6, 6.07) is 12.9. The number of halogens is 2. The third-order valence-electron chi connectivity index (χ3n) is 9.29. The number of anilines is 1. The lowest BCUT2D eigenvalue weighted by atomic mass is 9.87. The maximum atomic E-state index is 13.1. The maximum Gasteiger partial charge on any atom is 0.330 e. The average molecular weight is 692 g/mol. The number of hydrogen-bond acceptors (Lipinski definition) is 8. The number of amides is 2. The smallest absolute Gasteiger partial charge is 0.330 e. The average Bonchev–Trinajstić information content (AvgIpc) is 3.49. The van der Waals surface area contributed by atoms with E-state index >= 15 is 0 Å². The summed E-state index contributed by atoms with van der Waals surface area (Å²) in [4.78, 5) is 57.0. The van der Waals surface area contributed by atoms with Crippen LogP contribution in [0, 0.1) is 0 Å². The number of nitrogens with one attached hydrogen (secondary N) is 2. The Morgan fingerprint density at radius 2 is 1.77 bits per heavy atom. The molecule has 7 rings (SSSR count). The molecule has 14 heteroatoms. The number of methoxy groups -OCH3 is 1. The molecule has 0 radical (unpaired) electrons. The minimum Gasteiger partial charge on any atom is -0.481 e. The van der Waals surface area contributed by atoms with Gasteiger partial charge < -0.3 is 24.7 Å². The molecule has 2 N–H and O–H groups in total. The molecule has 4 heterocycles. The third kappa shape index (κ3) is 5.38. The van der Waals surface area contributed by atoms with Crippen molar-refractivity contribution < 1.29 is 19.1 Å². The van der Waals surface area contributed by atoms with Crippen molar-refractivity contribution >= 4 is 40.7 Å². The van der Waals surface area contributed by atoms with Crippen LogP contribution in [-0.2, 0) is 30.0 Å². The predicted molar refractivity (Wildman–Crippen MR) is 181 cm³/mol. The second kappa shape index (κ2) is 12.2. The predicted octanol–water partition coefficient (Wildman–Crippen LogP) is 3.57. The van der Waals surface area contributed by atoms with E-state index in [9.17, 15) is 19.2 Å². The van der Waals surface area contributed by atoms with Gasteiger partial charge in [0.1, 0.15) is 12.2 Å². The van der Waals surface area contributed by atoms with Crippen LogP contribution in [0.25, 0.3) is 22.4 Å². The highest BCUT2D eigenvalue weighted by atomic mass is 35.5. The molecule has 48 heavy (non-hydrogen) atoms. The zero-order valence-corrected chi connectivity index (χ0v) is 27.9.